The van der Waals surface area contributed by atoms with Crippen molar-refractivity contribution in [1.29, 1.82) is 0 Å². The maximum atomic E-state index is 14.4. The summed E-state index contributed by atoms with van der Waals surface area (Å²) in [4.78, 5) is 32.8. The molecule has 0 radical (unpaired) electrons. The summed E-state index contributed by atoms with van der Waals surface area (Å²) in [5.41, 5.74) is 1.01. The fourth-order valence-corrected chi connectivity index (χ4v) is 6.79. The smallest absolute Gasteiger partial charge is 0.326 e. The Hall–Kier alpha value is -3.11. The number of carbonyl (C=O) groups is 2. The van der Waals surface area contributed by atoms with Crippen LogP contribution >= 0.6 is 0 Å². The Bertz CT molecular complexity index is 1290. The van der Waals surface area contributed by atoms with Gasteiger partial charge < -0.3 is 24.2 Å². The lowest BCUT2D eigenvalue weighted by atomic mass is 9.73. The van der Waals surface area contributed by atoms with Gasteiger partial charge in [0.25, 0.3) is 12.3 Å². The number of pyridine rings is 1. The van der Waals surface area contributed by atoms with Crippen LogP contribution in [-0.2, 0) is 25.7 Å². The van der Waals surface area contributed by atoms with Crippen LogP contribution in [0, 0.1) is 11.3 Å². The molecule has 5 atom stereocenters. The monoisotopic (exact) mass is 586 g/mol. The van der Waals surface area contributed by atoms with E-state index >= 15 is 0 Å². The van der Waals surface area contributed by atoms with Crippen molar-refractivity contribution in [3.05, 3.63) is 58.8 Å². The number of nitrogens with zero attached hydrogens (tertiary/aromatic N) is 2. The van der Waals surface area contributed by atoms with Gasteiger partial charge >= 0.3 is 5.97 Å². The average molecular weight is 587 g/mol. The number of benzene rings is 1. The van der Waals surface area contributed by atoms with Crippen LogP contribution in [0.1, 0.15) is 93.5 Å². The van der Waals surface area contributed by atoms with Gasteiger partial charge in [-0.1, -0.05) is 51.5 Å². The van der Waals surface area contributed by atoms with Crippen LogP contribution in [0.2, 0.25) is 0 Å². The first kappa shape index (κ1) is 30.4. The van der Waals surface area contributed by atoms with Gasteiger partial charge in [0.05, 0.1) is 25.9 Å². The van der Waals surface area contributed by atoms with Crippen molar-refractivity contribution in [3.63, 3.8) is 0 Å². The summed E-state index contributed by atoms with van der Waals surface area (Å²) in [7, 11) is 1.52. The largest absolute Gasteiger partial charge is 0.481 e. The molecule has 1 N–H and O–H groups in total. The van der Waals surface area contributed by atoms with E-state index in [4.69, 9.17) is 14.2 Å². The molecular formula is C32H40F2N2O6. The second-order valence-corrected chi connectivity index (χ2v) is 12.6. The van der Waals surface area contributed by atoms with Crippen LogP contribution in [-0.4, -0.2) is 58.8 Å². The van der Waals surface area contributed by atoms with Crippen molar-refractivity contribution in [2.24, 2.45) is 11.3 Å². The second kappa shape index (κ2) is 12.2. The Labute approximate surface area is 245 Å². The van der Waals surface area contributed by atoms with Crippen molar-refractivity contribution >= 4 is 11.9 Å². The zero-order valence-electron chi connectivity index (χ0n) is 24.6. The zero-order valence-corrected chi connectivity index (χ0v) is 24.6. The molecule has 1 saturated carbocycles. The van der Waals surface area contributed by atoms with Gasteiger partial charge in [-0.15, -0.1) is 0 Å². The maximum absolute atomic E-state index is 14.4. The number of halogens is 2. The van der Waals surface area contributed by atoms with Gasteiger partial charge in [-0.3, -0.25) is 4.79 Å². The van der Waals surface area contributed by atoms with E-state index in [1.165, 1.54) is 24.1 Å². The number of hydrogen-bond acceptors (Lipinski definition) is 6. The van der Waals surface area contributed by atoms with E-state index in [2.05, 4.69) is 4.98 Å². The molecule has 0 spiro atoms. The molecule has 2 aromatic rings. The minimum Gasteiger partial charge on any atom is -0.481 e. The molecule has 2 saturated heterocycles. The summed E-state index contributed by atoms with van der Waals surface area (Å²) in [6.07, 6.45) is 1.64. The van der Waals surface area contributed by atoms with Crippen LogP contribution in [0.25, 0.3) is 0 Å². The lowest BCUT2D eigenvalue weighted by Gasteiger charge is -2.35. The van der Waals surface area contributed by atoms with E-state index in [1.807, 2.05) is 33.0 Å². The number of ether oxygens (including phenoxy) is 3. The molecule has 3 aliphatic rings. The standard InChI is InChI=1S/C32H40F2N2O6/c1-32(2,3)24-26(31(38)39)36(30(37)23-13-8-14-41-23)25(21-11-5-6-12-22(21)28(33)34)27(24)42-17-20-15-19(18-9-7-10-18)16-35-29(20)40-4/h5-6,11-12,15-16,18,23-28H,7-10,13-14,17H2,1-4H3,(H,38,39)/t23-,24+,25-,26-,27-/m0/s1. The van der Waals surface area contributed by atoms with Crippen molar-refractivity contribution in [3.8, 4) is 5.88 Å². The Balaban J connectivity index is 1.62. The van der Waals surface area contributed by atoms with E-state index in [-0.39, 0.29) is 17.7 Å². The van der Waals surface area contributed by atoms with Crippen LogP contribution < -0.4 is 4.74 Å². The third-order valence-corrected chi connectivity index (χ3v) is 9.01. The lowest BCUT2D eigenvalue weighted by molar-refractivity contribution is -0.156. The van der Waals surface area contributed by atoms with Gasteiger partial charge in [0.1, 0.15) is 12.1 Å². The quantitative estimate of drug-likeness (QED) is 0.382. The van der Waals surface area contributed by atoms with Crippen molar-refractivity contribution in [2.75, 3.05) is 13.7 Å². The lowest BCUT2D eigenvalue weighted by Crippen LogP contribution is -2.50. The number of aliphatic carboxylic acids is 1. The number of carboxylic acid groups (broad SMARTS) is 1. The SMILES string of the molecule is COc1ncc(C2CCC2)cc1CO[C@H]1[C@H](C(C)(C)C)[C@@H](C(=O)O)N(C(=O)[C@@H]2CCCO2)[C@H]1c1ccccc1C(F)F. The van der Waals surface area contributed by atoms with E-state index in [0.717, 1.165) is 24.8 Å². The molecule has 3 heterocycles. The highest BCUT2D eigenvalue weighted by Crippen LogP contribution is 2.51. The summed E-state index contributed by atoms with van der Waals surface area (Å²) in [6, 6.07) is 5.61. The van der Waals surface area contributed by atoms with Gasteiger partial charge in [-0.25, -0.2) is 18.6 Å². The Kier molecular flexibility index (Phi) is 8.85. The number of aromatic nitrogens is 1. The molecule has 0 unspecified atom stereocenters. The molecule has 42 heavy (non-hydrogen) atoms. The molecule has 1 amide bonds. The molecule has 0 bridgehead atoms. The van der Waals surface area contributed by atoms with Gasteiger partial charge in [0.15, 0.2) is 0 Å². The van der Waals surface area contributed by atoms with Crippen LogP contribution in [0.5, 0.6) is 5.88 Å². The average Bonchev–Trinajstić information content (AvgIpc) is 3.57. The van der Waals surface area contributed by atoms with E-state index in [1.54, 1.807) is 12.1 Å². The third kappa shape index (κ3) is 5.75. The number of rotatable bonds is 9. The molecule has 228 valence electrons. The molecule has 1 aromatic carbocycles. The van der Waals surface area contributed by atoms with Gasteiger partial charge in [0, 0.05) is 29.8 Å². The molecule has 10 heteroatoms. The zero-order chi connectivity index (χ0) is 30.2. The highest BCUT2D eigenvalue weighted by molar-refractivity contribution is 5.88. The van der Waals surface area contributed by atoms with Gasteiger partial charge in [0.2, 0.25) is 5.88 Å². The van der Waals surface area contributed by atoms with Crippen molar-refractivity contribution in [1.82, 2.24) is 9.88 Å². The van der Waals surface area contributed by atoms with E-state index in [9.17, 15) is 23.5 Å². The first-order valence-electron chi connectivity index (χ1n) is 14.7. The first-order chi connectivity index (χ1) is 20.0. The molecule has 8 nitrogen and oxygen atoms in total. The summed E-state index contributed by atoms with van der Waals surface area (Å²) in [5, 5.41) is 10.6. The van der Waals surface area contributed by atoms with Gasteiger partial charge in [-0.2, -0.15) is 0 Å². The summed E-state index contributed by atoms with van der Waals surface area (Å²) in [5.74, 6) is -1.66. The maximum Gasteiger partial charge on any atom is 0.326 e. The number of carbonyl (C=O) groups excluding carboxylic acids is 1. The van der Waals surface area contributed by atoms with Crippen molar-refractivity contribution < 1.29 is 37.7 Å². The van der Waals surface area contributed by atoms with Crippen molar-refractivity contribution in [2.45, 2.75) is 96.1 Å². The Morgan fingerprint density at radius 1 is 1.17 bits per heavy atom. The molecule has 1 aliphatic carbocycles. The predicted molar refractivity (Wildman–Crippen MR) is 150 cm³/mol. The van der Waals surface area contributed by atoms with Crippen LogP contribution in [0.4, 0.5) is 8.78 Å². The minimum absolute atomic E-state index is 0.00955. The van der Waals surface area contributed by atoms with Crippen LogP contribution in [0.15, 0.2) is 36.5 Å². The first-order valence-corrected chi connectivity index (χ1v) is 14.7. The molecule has 2 aliphatic heterocycles. The fraction of sp³-hybridized carbons (Fsp3) is 0.594. The number of methoxy groups -OCH3 is 1. The number of hydrogen-bond donors (Lipinski definition) is 1. The second-order valence-electron chi connectivity index (χ2n) is 12.6. The summed E-state index contributed by atoms with van der Waals surface area (Å²) in [6.45, 7) is 6.06. The third-order valence-electron chi connectivity index (χ3n) is 9.01. The predicted octanol–water partition coefficient (Wildman–Crippen LogP) is 6.06. The number of amides is 1. The van der Waals surface area contributed by atoms with Crippen LogP contribution in [0.3, 0.4) is 0 Å². The Morgan fingerprint density at radius 3 is 2.48 bits per heavy atom. The summed E-state index contributed by atoms with van der Waals surface area (Å²) < 4.78 is 46.7. The fourth-order valence-electron chi connectivity index (χ4n) is 6.79. The minimum atomic E-state index is -2.83. The number of carboxylic acids is 1. The van der Waals surface area contributed by atoms with E-state index in [0.29, 0.717) is 36.8 Å². The highest BCUT2D eigenvalue weighted by Gasteiger charge is 2.60. The molecule has 1 aromatic heterocycles. The molecule has 5 rings (SSSR count). The number of likely N-dealkylation sites (tertiary alicyclic amines) is 1. The number of alkyl halides is 2. The normalized spacial score (nSPS) is 26.5. The molecule has 3 fully saturated rings. The van der Waals surface area contributed by atoms with Gasteiger partial charge in [-0.05, 0) is 54.2 Å². The highest BCUT2D eigenvalue weighted by atomic mass is 19.3. The summed E-state index contributed by atoms with van der Waals surface area (Å²) >= 11 is 0. The molecular weight excluding hydrogens is 546 g/mol. The topological polar surface area (TPSA) is 98.2 Å². The van der Waals surface area contributed by atoms with E-state index < -0.39 is 53.9 Å². The Morgan fingerprint density at radius 2 is 1.90 bits per heavy atom.